The van der Waals surface area contributed by atoms with Crippen molar-refractivity contribution in [2.75, 3.05) is 19.6 Å². The highest BCUT2D eigenvalue weighted by Gasteiger charge is 2.34. The van der Waals surface area contributed by atoms with Gasteiger partial charge < -0.3 is 15.7 Å². The summed E-state index contributed by atoms with van der Waals surface area (Å²) in [6.07, 6.45) is 3.37. The zero-order chi connectivity index (χ0) is 14.8. The van der Waals surface area contributed by atoms with E-state index in [1.807, 2.05) is 0 Å². The summed E-state index contributed by atoms with van der Waals surface area (Å²) in [5.41, 5.74) is -0.870. The summed E-state index contributed by atoms with van der Waals surface area (Å²) >= 11 is 0. The summed E-state index contributed by atoms with van der Waals surface area (Å²) in [7, 11) is 0. The fourth-order valence-corrected chi connectivity index (χ4v) is 2.87. The molecule has 0 bridgehead atoms. The Bertz CT molecular complexity index is 410. The third-order valence-corrected chi connectivity index (χ3v) is 3.92. The van der Waals surface area contributed by atoms with E-state index in [2.05, 4.69) is 17.6 Å². The van der Waals surface area contributed by atoms with Crippen molar-refractivity contribution < 1.29 is 19.5 Å². The van der Waals surface area contributed by atoms with E-state index in [1.165, 1.54) is 0 Å². The predicted molar refractivity (Wildman–Crippen MR) is 70.7 cm³/mol. The molecule has 0 aromatic rings. The molecule has 20 heavy (non-hydrogen) atoms. The standard InChI is InChI=1S/C13H21N3O4/c1-9-3-2-4-13(20,5-9)8-15-10(17)7-16-11(18)6-14-12(16)19/h9,20H,2-8H2,1H3,(H,14,19)(H,15,17). The molecule has 7 heteroatoms. The molecule has 1 aliphatic heterocycles. The van der Waals surface area contributed by atoms with Crippen molar-refractivity contribution in [1.82, 2.24) is 15.5 Å². The maximum absolute atomic E-state index is 11.8. The molecule has 1 saturated carbocycles. The second-order valence-corrected chi connectivity index (χ2v) is 5.84. The summed E-state index contributed by atoms with van der Waals surface area (Å²) in [5.74, 6) is -0.395. The smallest absolute Gasteiger partial charge is 0.325 e. The van der Waals surface area contributed by atoms with Crippen molar-refractivity contribution in [2.24, 2.45) is 5.92 Å². The summed E-state index contributed by atoms with van der Waals surface area (Å²) < 4.78 is 0. The Kier molecular flexibility index (Phi) is 4.27. The minimum absolute atomic E-state index is 0.0619. The molecule has 112 valence electrons. The Morgan fingerprint density at radius 3 is 2.90 bits per heavy atom. The highest BCUT2D eigenvalue weighted by Crippen LogP contribution is 2.31. The van der Waals surface area contributed by atoms with Crippen molar-refractivity contribution in [3.63, 3.8) is 0 Å². The molecule has 2 rings (SSSR count). The number of urea groups is 1. The van der Waals surface area contributed by atoms with Gasteiger partial charge in [0.15, 0.2) is 0 Å². The van der Waals surface area contributed by atoms with Crippen molar-refractivity contribution in [2.45, 2.75) is 38.2 Å². The van der Waals surface area contributed by atoms with Crippen LogP contribution in [0, 0.1) is 5.92 Å². The van der Waals surface area contributed by atoms with Gasteiger partial charge in [-0.05, 0) is 18.8 Å². The van der Waals surface area contributed by atoms with E-state index in [9.17, 15) is 19.5 Å². The Hall–Kier alpha value is -1.63. The number of rotatable bonds is 4. The number of nitrogens with one attached hydrogen (secondary N) is 2. The number of amides is 4. The van der Waals surface area contributed by atoms with E-state index in [0.717, 1.165) is 17.7 Å². The van der Waals surface area contributed by atoms with Gasteiger partial charge in [-0.25, -0.2) is 4.79 Å². The van der Waals surface area contributed by atoms with Gasteiger partial charge in [0.1, 0.15) is 6.54 Å². The molecule has 2 atom stereocenters. The van der Waals surface area contributed by atoms with Crippen LogP contribution in [0.4, 0.5) is 4.79 Å². The predicted octanol–water partition coefficient (Wildman–Crippen LogP) is -0.404. The van der Waals surface area contributed by atoms with Crippen molar-refractivity contribution >= 4 is 17.8 Å². The van der Waals surface area contributed by atoms with E-state index in [0.29, 0.717) is 18.8 Å². The lowest BCUT2D eigenvalue weighted by atomic mass is 9.79. The van der Waals surface area contributed by atoms with Crippen LogP contribution in [0.5, 0.6) is 0 Å². The topological polar surface area (TPSA) is 98.7 Å². The van der Waals surface area contributed by atoms with Crippen LogP contribution >= 0.6 is 0 Å². The van der Waals surface area contributed by atoms with Crippen molar-refractivity contribution in [3.05, 3.63) is 0 Å². The molecule has 0 aromatic carbocycles. The first-order valence-electron chi connectivity index (χ1n) is 6.97. The second kappa shape index (κ2) is 5.78. The van der Waals surface area contributed by atoms with Gasteiger partial charge in [-0.3, -0.25) is 14.5 Å². The molecule has 1 aliphatic carbocycles. The number of imide groups is 1. The third-order valence-electron chi connectivity index (χ3n) is 3.92. The first-order valence-corrected chi connectivity index (χ1v) is 6.97. The maximum Gasteiger partial charge on any atom is 0.325 e. The molecular weight excluding hydrogens is 262 g/mol. The summed E-state index contributed by atoms with van der Waals surface area (Å²) in [5, 5.41) is 15.4. The van der Waals surface area contributed by atoms with Gasteiger partial charge in [-0.1, -0.05) is 19.8 Å². The Labute approximate surface area is 117 Å². The molecule has 3 N–H and O–H groups in total. The quantitative estimate of drug-likeness (QED) is 0.611. The zero-order valence-electron chi connectivity index (χ0n) is 11.6. The number of carbonyl (C=O) groups is 3. The van der Waals surface area contributed by atoms with Gasteiger partial charge in [0, 0.05) is 6.54 Å². The molecular formula is C13H21N3O4. The summed E-state index contributed by atoms with van der Waals surface area (Å²) in [6.45, 7) is 1.89. The molecule has 2 fully saturated rings. The zero-order valence-corrected chi connectivity index (χ0v) is 11.6. The van der Waals surface area contributed by atoms with Crippen LogP contribution in [0.1, 0.15) is 32.6 Å². The lowest BCUT2D eigenvalue weighted by molar-refractivity contribution is -0.131. The number of aliphatic hydroxyl groups is 1. The van der Waals surface area contributed by atoms with E-state index in [4.69, 9.17) is 0 Å². The highest BCUT2D eigenvalue weighted by molar-refractivity contribution is 6.04. The fraction of sp³-hybridized carbons (Fsp3) is 0.769. The maximum atomic E-state index is 11.8. The van der Waals surface area contributed by atoms with Crippen LogP contribution in [-0.2, 0) is 9.59 Å². The van der Waals surface area contributed by atoms with Gasteiger partial charge in [0.2, 0.25) is 5.91 Å². The highest BCUT2D eigenvalue weighted by atomic mass is 16.3. The molecule has 2 aliphatic rings. The number of nitrogens with zero attached hydrogens (tertiary/aromatic N) is 1. The second-order valence-electron chi connectivity index (χ2n) is 5.84. The molecule has 0 spiro atoms. The SMILES string of the molecule is CC1CCCC(O)(CNC(=O)CN2C(=O)CNC2=O)C1. The van der Waals surface area contributed by atoms with E-state index >= 15 is 0 Å². The normalized spacial score (nSPS) is 30.3. The van der Waals surface area contributed by atoms with Crippen molar-refractivity contribution in [3.8, 4) is 0 Å². The molecule has 0 radical (unpaired) electrons. The number of carbonyl (C=O) groups excluding carboxylic acids is 3. The third kappa shape index (κ3) is 3.47. The molecule has 2 unspecified atom stereocenters. The van der Waals surface area contributed by atoms with E-state index in [-0.39, 0.29) is 19.6 Å². The minimum Gasteiger partial charge on any atom is -0.388 e. The van der Waals surface area contributed by atoms with Crippen LogP contribution in [0.2, 0.25) is 0 Å². The summed E-state index contributed by atoms with van der Waals surface area (Å²) in [6, 6.07) is -0.546. The van der Waals surface area contributed by atoms with Gasteiger partial charge in [-0.2, -0.15) is 0 Å². The molecule has 4 amide bonds. The average Bonchev–Trinajstić information content (AvgIpc) is 2.68. The summed E-state index contributed by atoms with van der Waals surface area (Å²) in [4.78, 5) is 35.3. The first-order chi connectivity index (χ1) is 9.39. The van der Waals surface area contributed by atoms with Crippen LogP contribution < -0.4 is 10.6 Å². The Morgan fingerprint density at radius 1 is 1.55 bits per heavy atom. The minimum atomic E-state index is -0.870. The van der Waals surface area contributed by atoms with E-state index in [1.54, 1.807) is 0 Å². The van der Waals surface area contributed by atoms with E-state index < -0.39 is 23.4 Å². The van der Waals surface area contributed by atoms with Gasteiger partial charge >= 0.3 is 6.03 Å². The Morgan fingerprint density at radius 2 is 2.30 bits per heavy atom. The fourth-order valence-electron chi connectivity index (χ4n) is 2.87. The monoisotopic (exact) mass is 283 g/mol. The Balaban J connectivity index is 1.80. The number of hydrogen-bond donors (Lipinski definition) is 3. The lowest BCUT2D eigenvalue weighted by Crippen LogP contribution is -2.48. The van der Waals surface area contributed by atoms with Crippen LogP contribution in [0.25, 0.3) is 0 Å². The molecule has 1 heterocycles. The molecule has 1 saturated heterocycles. The van der Waals surface area contributed by atoms with Gasteiger partial charge in [-0.15, -0.1) is 0 Å². The largest absolute Gasteiger partial charge is 0.388 e. The van der Waals surface area contributed by atoms with Gasteiger partial charge in [0.05, 0.1) is 12.1 Å². The first kappa shape index (κ1) is 14.8. The van der Waals surface area contributed by atoms with Gasteiger partial charge in [0.25, 0.3) is 5.91 Å². The van der Waals surface area contributed by atoms with Crippen molar-refractivity contribution in [1.29, 1.82) is 0 Å². The number of hydrogen-bond acceptors (Lipinski definition) is 4. The molecule has 0 aromatic heterocycles. The van der Waals surface area contributed by atoms with Crippen LogP contribution in [-0.4, -0.2) is 53.1 Å². The van der Waals surface area contributed by atoms with Crippen LogP contribution in [0.15, 0.2) is 0 Å². The molecule has 7 nitrogen and oxygen atoms in total. The van der Waals surface area contributed by atoms with Crippen LogP contribution in [0.3, 0.4) is 0 Å². The average molecular weight is 283 g/mol. The lowest BCUT2D eigenvalue weighted by Gasteiger charge is -2.35.